The van der Waals surface area contributed by atoms with Crippen molar-refractivity contribution in [3.05, 3.63) is 35.3 Å². The Balaban J connectivity index is 1.98. The summed E-state index contributed by atoms with van der Waals surface area (Å²) in [7, 11) is 1.40. The van der Waals surface area contributed by atoms with Crippen molar-refractivity contribution in [2.75, 3.05) is 7.11 Å². The van der Waals surface area contributed by atoms with Gasteiger partial charge in [0.2, 0.25) is 0 Å². The van der Waals surface area contributed by atoms with Gasteiger partial charge >= 0.3 is 11.9 Å². The van der Waals surface area contributed by atoms with Gasteiger partial charge in [0.05, 0.1) is 31.7 Å². The zero-order valence-electron chi connectivity index (χ0n) is 16.2. The van der Waals surface area contributed by atoms with E-state index in [4.69, 9.17) is 13.9 Å². The molecule has 1 saturated carbocycles. The topological polar surface area (TPSA) is 86.0 Å². The summed E-state index contributed by atoms with van der Waals surface area (Å²) in [4.78, 5) is 25.2. The van der Waals surface area contributed by atoms with Crippen LogP contribution < -0.4 is 0 Å². The second-order valence-electron chi connectivity index (χ2n) is 7.89. The summed E-state index contributed by atoms with van der Waals surface area (Å²) in [5.41, 5.74) is 1.97. The molecule has 1 aliphatic heterocycles. The number of carbonyl (C=O) groups excluding carboxylic acids is 2. The minimum absolute atomic E-state index is 0.251. The number of rotatable bonds is 5. The Kier molecular flexibility index (Phi) is 5.75. The Morgan fingerprint density at radius 1 is 1.48 bits per heavy atom. The fraction of sp³-hybridized carbons (Fsp3) is 0.619. The Morgan fingerprint density at radius 2 is 2.26 bits per heavy atom. The molecule has 2 fully saturated rings. The lowest BCUT2D eigenvalue weighted by molar-refractivity contribution is -0.151. The number of ether oxygens (including phenoxy) is 2. The normalized spacial score (nSPS) is 32.2. The van der Waals surface area contributed by atoms with Gasteiger partial charge in [0.1, 0.15) is 6.10 Å². The monoisotopic (exact) mass is 376 g/mol. The van der Waals surface area contributed by atoms with E-state index in [1.165, 1.54) is 7.11 Å². The van der Waals surface area contributed by atoms with Crippen LogP contribution in [-0.2, 0) is 19.1 Å². The molecular weight excluding hydrogens is 348 g/mol. The summed E-state index contributed by atoms with van der Waals surface area (Å²) in [5, 5.41) is 9.82. The maximum atomic E-state index is 12.7. The van der Waals surface area contributed by atoms with Crippen LogP contribution in [0.25, 0.3) is 0 Å². The zero-order chi connectivity index (χ0) is 19.6. The minimum atomic E-state index is -0.526. The number of allylic oxidation sites excluding steroid dienone is 1. The van der Waals surface area contributed by atoms with Crippen LogP contribution in [0.4, 0.5) is 0 Å². The first-order chi connectivity index (χ1) is 12.9. The van der Waals surface area contributed by atoms with Crippen molar-refractivity contribution in [3.8, 4) is 0 Å². The van der Waals surface area contributed by atoms with Gasteiger partial charge in [0.25, 0.3) is 0 Å². The number of furan rings is 1. The van der Waals surface area contributed by atoms with E-state index >= 15 is 0 Å². The predicted molar refractivity (Wildman–Crippen MR) is 97.6 cm³/mol. The molecule has 0 spiro atoms. The van der Waals surface area contributed by atoms with E-state index in [1.54, 1.807) is 25.5 Å². The summed E-state index contributed by atoms with van der Waals surface area (Å²) in [6, 6.07) is 1.80. The maximum absolute atomic E-state index is 12.7. The number of carbonyl (C=O) groups is 2. The molecule has 0 amide bonds. The third kappa shape index (κ3) is 3.81. The Bertz CT molecular complexity index is 717. The van der Waals surface area contributed by atoms with Crippen molar-refractivity contribution in [1.82, 2.24) is 0 Å². The molecule has 1 aliphatic carbocycles. The van der Waals surface area contributed by atoms with Crippen LogP contribution >= 0.6 is 0 Å². The summed E-state index contributed by atoms with van der Waals surface area (Å²) >= 11 is 0. The van der Waals surface area contributed by atoms with Crippen molar-refractivity contribution < 1.29 is 28.6 Å². The van der Waals surface area contributed by atoms with Crippen LogP contribution in [0.1, 0.15) is 64.0 Å². The van der Waals surface area contributed by atoms with Crippen LogP contribution in [0.3, 0.4) is 0 Å². The van der Waals surface area contributed by atoms with Crippen LogP contribution in [0.5, 0.6) is 0 Å². The highest BCUT2D eigenvalue weighted by Crippen LogP contribution is 2.52. The van der Waals surface area contributed by atoms with Crippen molar-refractivity contribution in [3.63, 3.8) is 0 Å². The molecule has 2 heterocycles. The highest BCUT2D eigenvalue weighted by Gasteiger charge is 2.48. The van der Waals surface area contributed by atoms with Gasteiger partial charge < -0.3 is 19.0 Å². The van der Waals surface area contributed by atoms with E-state index in [0.717, 1.165) is 30.4 Å². The smallest absolute Gasteiger partial charge is 0.334 e. The molecule has 148 valence electrons. The first-order valence-corrected chi connectivity index (χ1v) is 9.58. The van der Waals surface area contributed by atoms with E-state index in [-0.39, 0.29) is 24.0 Å². The number of esters is 2. The third-order valence-electron chi connectivity index (χ3n) is 6.11. The molecule has 1 saturated heterocycles. The summed E-state index contributed by atoms with van der Waals surface area (Å²) in [6.07, 6.45) is 6.30. The molecular formula is C21H28O6. The van der Waals surface area contributed by atoms with Crippen LogP contribution in [-0.4, -0.2) is 30.3 Å². The van der Waals surface area contributed by atoms with E-state index in [9.17, 15) is 14.7 Å². The largest absolute Gasteiger partial charge is 0.472 e. The molecule has 0 bridgehead atoms. The minimum Gasteiger partial charge on any atom is -0.472 e. The van der Waals surface area contributed by atoms with Gasteiger partial charge in [0.15, 0.2) is 0 Å². The Hall–Kier alpha value is -2.08. The first-order valence-electron chi connectivity index (χ1n) is 9.58. The number of hydrogen-bond donors (Lipinski definition) is 1. The maximum Gasteiger partial charge on any atom is 0.334 e. The Morgan fingerprint density at radius 3 is 2.89 bits per heavy atom. The molecule has 3 rings (SSSR count). The summed E-state index contributed by atoms with van der Waals surface area (Å²) in [6.45, 7) is 3.77. The average molecular weight is 376 g/mol. The van der Waals surface area contributed by atoms with E-state index in [2.05, 4.69) is 0 Å². The van der Waals surface area contributed by atoms with Gasteiger partial charge in [-0.15, -0.1) is 0 Å². The van der Waals surface area contributed by atoms with E-state index in [1.807, 2.05) is 6.92 Å². The van der Waals surface area contributed by atoms with Crippen LogP contribution in [0.15, 0.2) is 34.2 Å². The van der Waals surface area contributed by atoms with Gasteiger partial charge in [-0.05, 0) is 45.1 Å². The highest BCUT2D eigenvalue weighted by molar-refractivity contribution is 5.92. The van der Waals surface area contributed by atoms with Crippen LogP contribution in [0, 0.1) is 11.3 Å². The predicted octanol–water partition coefficient (Wildman–Crippen LogP) is 3.70. The van der Waals surface area contributed by atoms with E-state index < -0.39 is 11.5 Å². The molecule has 6 nitrogen and oxygen atoms in total. The quantitative estimate of drug-likeness (QED) is 0.623. The molecule has 4 atom stereocenters. The summed E-state index contributed by atoms with van der Waals surface area (Å²) in [5.74, 6) is -0.887. The SMILES string of the molecule is COC(=O)[C@@H]1CCC/C(=C2/C[C@@H](c3ccoc3)OC2=O)[C@]1(C)CC[C@@H](C)O. The van der Waals surface area contributed by atoms with Crippen molar-refractivity contribution >= 4 is 11.9 Å². The number of cyclic esters (lactones) is 1. The lowest BCUT2D eigenvalue weighted by atomic mass is 9.60. The molecule has 0 aromatic carbocycles. The molecule has 1 N–H and O–H groups in total. The lowest BCUT2D eigenvalue weighted by Crippen LogP contribution is -2.40. The number of aliphatic hydroxyl groups excluding tert-OH is 1. The molecule has 1 aromatic heterocycles. The van der Waals surface area contributed by atoms with Gasteiger partial charge in [-0.25, -0.2) is 4.79 Å². The first kappa shape index (κ1) is 19.7. The van der Waals surface area contributed by atoms with Crippen molar-refractivity contribution in [1.29, 1.82) is 0 Å². The molecule has 0 radical (unpaired) electrons. The molecule has 0 unspecified atom stereocenters. The third-order valence-corrected chi connectivity index (χ3v) is 6.11. The van der Waals surface area contributed by atoms with Gasteiger partial charge in [0, 0.05) is 23.0 Å². The van der Waals surface area contributed by atoms with E-state index in [0.29, 0.717) is 24.8 Å². The lowest BCUT2D eigenvalue weighted by Gasteiger charge is -2.43. The molecule has 2 aliphatic rings. The number of aliphatic hydroxyl groups is 1. The fourth-order valence-corrected chi connectivity index (χ4v) is 4.55. The Labute approximate surface area is 159 Å². The summed E-state index contributed by atoms with van der Waals surface area (Å²) < 4.78 is 15.8. The van der Waals surface area contributed by atoms with Crippen molar-refractivity contribution in [2.24, 2.45) is 11.3 Å². The number of methoxy groups -OCH3 is 1. The number of hydrogen-bond acceptors (Lipinski definition) is 6. The molecule has 6 heteroatoms. The van der Waals surface area contributed by atoms with Gasteiger partial charge in [-0.1, -0.05) is 12.5 Å². The fourth-order valence-electron chi connectivity index (χ4n) is 4.55. The highest BCUT2D eigenvalue weighted by atomic mass is 16.6. The van der Waals surface area contributed by atoms with Gasteiger partial charge in [-0.2, -0.15) is 0 Å². The second kappa shape index (κ2) is 7.89. The average Bonchev–Trinajstić information content (AvgIpc) is 3.29. The van der Waals surface area contributed by atoms with Crippen molar-refractivity contribution in [2.45, 2.75) is 64.6 Å². The molecule has 27 heavy (non-hydrogen) atoms. The van der Waals surface area contributed by atoms with Crippen LogP contribution in [0.2, 0.25) is 0 Å². The zero-order valence-corrected chi connectivity index (χ0v) is 16.2. The standard InChI is InChI=1S/C21H28O6/c1-13(22)7-9-21(2)16(5-4-6-17(21)20(24)25-3)15-11-18(27-19(15)23)14-8-10-26-12-14/h8,10,12-13,17-18,22H,4-7,9,11H2,1-3H3/b16-15+/t13-,17+,18+,21+/m1/s1. The van der Waals surface area contributed by atoms with Gasteiger partial charge in [-0.3, -0.25) is 4.79 Å². The molecule has 1 aromatic rings. The second-order valence-corrected chi connectivity index (χ2v) is 7.89.